The first-order valence-electron chi connectivity index (χ1n) is 4.07. The predicted octanol–water partition coefficient (Wildman–Crippen LogP) is 1.75. The van der Waals surface area contributed by atoms with Gasteiger partial charge in [-0.15, -0.1) is 11.3 Å². The Morgan fingerprint density at radius 1 is 1.50 bits per heavy atom. The fraction of sp³-hybridized carbons (Fsp3) is 0.250. The Hall–Kier alpha value is -0.910. The van der Waals surface area contributed by atoms with E-state index in [9.17, 15) is 0 Å². The van der Waals surface area contributed by atoms with Crippen molar-refractivity contribution in [3.8, 4) is 0 Å². The van der Waals surface area contributed by atoms with Crippen LogP contribution in [0.5, 0.6) is 0 Å². The summed E-state index contributed by atoms with van der Waals surface area (Å²) < 4.78 is 0. The SMILES string of the molecule is OCCNc1nc(Cl)nc2sccc12. The first-order chi connectivity index (χ1) is 6.81. The third-order valence-electron chi connectivity index (χ3n) is 1.70. The average molecular weight is 230 g/mol. The summed E-state index contributed by atoms with van der Waals surface area (Å²) in [7, 11) is 0. The van der Waals surface area contributed by atoms with Crippen molar-refractivity contribution in [1.29, 1.82) is 0 Å². The number of aromatic nitrogens is 2. The Labute approximate surface area is 89.6 Å². The van der Waals surface area contributed by atoms with Crippen molar-refractivity contribution < 1.29 is 5.11 Å². The maximum Gasteiger partial charge on any atom is 0.225 e. The lowest BCUT2D eigenvalue weighted by molar-refractivity contribution is 0.311. The third-order valence-corrected chi connectivity index (χ3v) is 2.68. The highest BCUT2D eigenvalue weighted by Crippen LogP contribution is 2.25. The standard InChI is InChI=1S/C8H8ClN3OS/c9-8-11-6(10-2-3-13)5-1-4-14-7(5)12-8/h1,4,13H,2-3H2,(H,10,11,12). The first kappa shape index (κ1) is 9.64. The molecule has 2 aromatic rings. The van der Waals surface area contributed by atoms with Crippen LogP contribution in [0.4, 0.5) is 5.82 Å². The topological polar surface area (TPSA) is 58.0 Å². The minimum atomic E-state index is 0.0628. The molecule has 6 heteroatoms. The van der Waals surface area contributed by atoms with Gasteiger partial charge in [-0.1, -0.05) is 0 Å². The summed E-state index contributed by atoms with van der Waals surface area (Å²) in [6, 6.07) is 1.93. The molecular formula is C8H8ClN3OS. The summed E-state index contributed by atoms with van der Waals surface area (Å²) in [6.07, 6.45) is 0. The van der Waals surface area contributed by atoms with Crippen molar-refractivity contribution in [1.82, 2.24) is 9.97 Å². The average Bonchev–Trinajstić information content (AvgIpc) is 2.61. The second-order valence-corrected chi connectivity index (χ2v) is 3.86. The molecule has 0 unspecified atom stereocenters. The van der Waals surface area contributed by atoms with Gasteiger partial charge in [0.15, 0.2) is 0 Å². The van der Waals surface area contributed by atoms with Gasteiger partial charge >= 0.3 is 0 Å². The summed E-state index contributed by atoms with van der Waals surface area (Å²) in [5, 5.41) is 14.8. The molecule has 0 aromatic carbocycles. The molecule has 74 valence electrons. The Morgan fingerprint density at radius 2 is 2.36 bits per heavy atom. The van der Waals surface area contributed by atoms with E-state index in [1.165, 1.54) is 11.3 Å². The van der Waals surface area contributed by atoms with E-state index in [-0.39, 0.29) is 11.9 Å². The number of halogens is 1. The van der Waals surface area contributed by atoms with E-state index >= 15 is 0 Å². The molecule has 0 fully saturated rings. The Morgan fingerprint density at radius 3 is 3.14 bits per heavy atom. The minimum absolute atomic E-state index is 0.0628. The van der Waals surface area contributed by atoms with Gasteiger partial charge in [0, 0.05) is 6.54 Å². The maximum absolute atomic E-state index is 8.68. The highest BCUT2D eigenvalue weighted by Gasteiger charge is 2.06. The summed E-state index contributed by atoms with van der Waals surface area (Å²) in [5.74, 6) is 0.676. The highest BCUT2D eigenvalue weighted by atomic mass is 35.5. The Bertz CT molecular complexity index is 445. The highest BCUT2D eigenvalue weighted by molar-refractivity contribution is 7.16. The van der Waals surface area contributed by atoms with Crippen LogP contribution in [0.15, 0.2) is 11.4 Å². The van der Waals surface area contributed by atoms with Crippen molar-refractivity contribution in [2.45, 2.75) is 0 Å². The molecule has 0 atom stereocenters. The normalized spacial score (nSPS) is 10.7. The molecule has 0 saturated carbocycles. The van der Waals surface area contributed by atoms with Crippen LogP contribution >= 0.6 is 22.9 Å². The molecule has 2 rings (SSSR count). The minimum Gasteiger partial charge on any atom is -0.395 e. The van der Waals surface area contributed by atoms with Gasteiger partial charge in [-0.05, 0) is 23.0 Å². The van der Waals surface area contributed by atoms with E-state index in [0.717, 1.165) is 10.2 Å². The van der Waals surface area contributed by atoms with Crippen LogP contribution in [0.1, 0.15) is 0 Å². The number of rotatable bonds is 3. The molecule has 0 spiro atoms. The monoisotopic (exact) mass is 229 g/mol. The fourth-order valence-electron chi connectivity index (χ4n) is 1.14. The first-order valence-corrected chi connectivity index (χ1v) is 5.32. The van der Waals surface area contributed by atoms with Gasteiger partial charge in [-0.2, -0.15) is 0 Å². The van der Waals surface area contributed by atoms with Gasteiger partial charge in [0.05, 0.1) is 12.0 Å². The smallest absolute Gasteiger partial charge is 0.225 e. The second-order valence-electron chi connectivity index (χ2n) is 2.63. The summed E-state index contributed by atoms with van der Waals surface area (Å²) in [6.45, 7) is 0.519. The number of thiophene rings is 1. The zero-order chi connectivity index (χ0) is 9.97. The molecule has 0 aliphatic heterocycles. The molecule has 2 heterocycles. The van der Waals surface area contributed by atoms with Crippen LogP contribution in [0.3, 0.4) is 0 Å². The lowest BCUT2D eigenvalue weighted by atomic mass is 10.4. The van der Waals surface area contributed by atoms with Crippen LogP contribution in [0, 0.1) is 0 Å². The van der Waals surface area contributed by atoms with Crippen molar-refractivity contribution in [2.75, 3.05) is 18.5 Å². The fourth-order valence-corrected chi connectivity index (χ4v) is 2.12. The zero-order valence-corrected chi connectivity index (χ0v) is 8.77. The van der Waals surface area contributed by atoms with Gasteiger partial charge in [0.2, 0.25) is 5.28 Å². The molecular weight excluding hydrogens is 222 g/mol. The molecule has 0 radical (unpaired) electrons. The van der Waals surface area contributed by atoms with Crippen molar-refractivity contribution in [3.63, 3.8) is 0 Å². The van der Waals surface area contributed by atoms with Crippen LogP contribution in [0.2, 0.25) is 5.28 Å². The largest absolute Gasteiger partial charge is 0.395 e. The number of nitrogens with one attached hydrogen (secondary N) is 1. The van der Waals surface area contributed by atoms with E-state index in [4.69, 9.17) is 16.7 Å². The van der Waals surface area contributed by atoms with Gasteiger partial charge in [0.25, 0.3) is 0 Å². The lowest BCUT2D eigenvalue weighted by Crippen LogP contribution is -2.07. The molecule has 4 nitrogen and oxygen atoms in total. The number of aliphatic hydroxyl groups excluding tert-OH is 1. The summed E-state index contributed by atoms with van der Waals surface area (Å²) in [4.78, 5) is 8.98. The van der Waals surface area contributed by atoms with Crippen LogP contribution < -0.4 is 5.32 Å². The van der Waals surface area contributed by atoms with E-state index < -0.39 is 0 Å². The molecule has 0 bridgehead atoms. The number of hydrogen-bond donors (Lipinski definition) is 2. The molecule has 14 heavy (non-hydrogen) atoms. The number of fused-ring (bicyclic) bond motifs is 1. The van der Waals surface area contributed by atoms with Gasteiger partial charge in [-0.3, -0.25) is 0 Å². The quantitative estimate of drug-likeness (QED) is 0.788. The zero-order valence-electron chi connectivity index (χ0n) is 7.20. The molecule has 2 N–H and O–H groups in total. The summed E-state index contributed by atoms with van der Waals surface area (Å²) in [5.41, 5.74) is 0. The van der Waals surface area contributed by atoms with Gasteiger partial charge in [-0.25, -0.2) is 9.97 Å². The Balaban J connectivity index is 2.44. The van der Waals surface area contributed by atoms with Crippen molar-refractivity contribution in [2.24, 2.45) is 0 Å². The van der Waals surface area contributed by atoms with Gasteiger partial charge < -0.3 is 10.4 Å². The maximum atomic E-state index is 8.68. The molecule has 2 aromatic heterocycles. The number of hydrogen-bond acceptors (Lipinski definition) is 5. The van der Waals surface area contributed by atoms with Crippen molar-refractivity contribution >= 4 is 39.0 Å². The number of nitrogens with zero attached hydrogens (tertiary/aromatic N) is 2. The molecule has 0 saturated heterocycles. The lowest BCUT2D eigenvalue weighted by Gasteiger charge is -2.04. The second kappa shape index (κ2) is 4.08. The number of aliphatic hydroxyl groups is 1. The molecule has 0 aliphatic rings. The van der Waals surface area contributed by atoms with E-state index in [1.807, 2.05) is 11.4 Å². The van der Waals surface area contributed by atoms with E-state index in [1.54, 1.807) is 0 Å². The summed E-state index contributed by atoms with van der Waals surface area (Å²) >= 11 is 7.25. The predicted molar refractivity (Wildman–Crippen MR) is 58.0 cm³/mol. The van der Waals surface area contributed by atoms with Crippen LogP contribution in [0.25, 0.3) is 10.2 Å². The molecule has 0 aliphatic carbocycles. The van der Waals surface area contributed by atoms with E-state index in [0.29, 0.717) is 12.4 Å². The van der Waals surface area contributed by atoms with Crippen LogP contribution in [-0.2, 0) is 0 Å². The van der Waals surface area contributed by atoms with Gasteiger partial charge in [0.1, 0.15) is 10.6 Å². The Kier molecular flexibility index (Phi) is 2.81. The molecule has 0 amide bonds. The van der Waals surface area contributed by atoms with E-state index in [2.05, 4.69) is 15.3 Å². The van der Waals surface area contributed by atoms with Crippen LogP contribution in [-0.4, -0.2) is 28.2 Å². The van der Waals surface area contributed by atoms with Crippen molar-refractivity contribution in [3.05, 3.63) is 16.7 Å². The number of anilines is 1. The third kappa shape index (κ3) is 1.79.